The van der Waals surface area contributed by atoms with Gasteiger partial charge in [-0.1, -0.05) is 11.6 Å². The molecule has 1 aliphatic rings. The first-order valence-electron chi connectivity index (χ1n) is 7.41. The van der Waals surface area contributed by atoms with Crippen molar-refractivity contribution in [1.82, 2.24) is 0 Å². The molecule has 10 heteroatoms. The van der Waals surface area contributed by atoms with E-state index in [4.69, 9.17) is 11.6 Å². The zero-order valence-corrected chi connectivity index (χ0v) is 14.9. The van der Waals surface area contributed by atoms with Gasteiger partial charge in [0.05, 0.1) is 22.0 Å². The predicted molar refractivity (Wildman–Crippen MR) is 95.1 cm³/mol. The van der Waals surface area contributed by atoms with Crippen LogP contribution in [0.3, 0.4) is 0 Å². The summed E-state index contributed by atoms with van der Waals surface area (Å²) in [5.41, 5.74) is 0.131. The van der Waals surface area contributed by atoms with Crippen LogP contribution in [0.2, 0.25) is 5.02 Å². The standard InChI is InChI=1S/C16H13ClFN3O4S/c1-8-15(22)19-13-5-3-10(7-14(13)20-16(8)23)26(24,25)21-12-4-2-9(17)6-11(12)18/h2-8,21H,1H3,(H,19,22)(H,20,23)/t8-/m0/s1. The molecule has 2 amide bonds. The van der Waals surface area contributed by atoms with Crippen molar-refractivity contribution in [2.75, 3.05) is 15.4 Å². The van der Waals surface area contributed by atoms with Crippen molar-refractivity contribution < 1.29 is 22.4 Å². The van der Waals surface area contributed by atoms with Crippen LogP contribution in [0.5, 0.6) is 0 Å². The molecule has 1 atom stereocenters. The van der Waals surface area contributed by atoms with E-state index in [0.717, 1.165) is 6.07 Å². The summed E-state index contributed by atoms with van der Waals surface area (Å²) in [6.45, 7) is 1.43. The molecule has 7 nitrogen and oxygen atoms in total. The predicted octanol–water partition coefficient (Wildman–Crippen LogP) is 2.81. The molecule has 0 spiro atoms. The average Bonchev–Trinajstić information content (AvgIpc) is 2.67. The van der Waals surface area contributed by atoms with Crippen LogP contribution in [0.15, 0.2) is 41.3 Å². The third-order valence-electron chi connectivity index (χ3n) is 3.78. The number of hydrogen-bond acceptors (Lipinski definition) is 4. The zero-order chi connectivity index (χ0) is 19.1. The van der Waals surface area contributed by atoms with E-state index in [-0.39, 0.29) is 27.0 Å². The molecule has 1 heterocycles. The van der Waals surface area contributed by atoms with Crippen molar-refractivity contribution in [3.05, 3.63) is 47.2 Å². The molecule has 0 saturated carbocycles. The molecule has 1 aliphatic heterocycles. The largest absolute Gasteiger partial charge is 0.324 e. The highest BCUT2D eigenvalue weighted by Crippen LogP contribution is 2.30. The van der Waals surface area contributed by atoms with Crippen molar-refractivity contribution >= 4 is 50.5 Å². The third kappa shape index (κ3) is 3.49. The molecule has 26 heavy (non-hydrogen) atoms. The van der Waals surface area contributed by atoms with Crippen LogP contribution in [0.25, 0.3) is 0 Å². The molecule has 0 radical (unpaired) electrons. The Kier molecular flexibility index (Phi) is 4.59. The molecule has 0 aliphatic carbocycles. The summed E-state index contributed by atoms with van der Waals surface area (Å²) in [4.78, 5) is 23.5. The fourth-order valence-corrected chi connectivity index (χ4v) is 3.53. The van der Waals surface area contributed by atoms with Gasteiger partial charge in [-0.25, -0.2) is 12.8 Å². The Morgan fingerprint density at radius 3 is 2.35 bits per heavy atom. The summed E-state index contributed by atoms with van der Waals surface area (Å²) < 4.78 is 41.0. The summed E-state index contributed by atoms with van der Waals surface area (Å²) in [7, 11) is -4.14. The first kappa shape index (κ1) is 18.2. The average molecular weight is 398 g/mol. The zero-order valence-electron chi connectivity index (χ0n) is 13.3. The van der Waals surface area contributed by atoms with Crippen molar-refractivity contribution in [3.8, 4) is 0 Å². The Morgan fingerprint density at radius 1 is 1.04 bits per heavy atom. The smallest absolute Gasteiger partial charge is 0.262 e. The van der Waals surface area contributed by atoms with E-state index in [1.807, 2.05) is 0 Å². The van der Waals surface area contributed by atoms with Gasteiger partial charge in [0, 0.05) is 5.02 Å². The van der Waals surface area contributed by atoms with Gasteiger partial charge in [0.25, 0.3) is 10.0 Å². The van der Waals surface area contributed by atoms with Crippen LogP contribution >= 0.6 is 11.6 Å². The first-order chi connectivity index (χ1) is 12.2. The quantitative estimate of drug-likeness (QED) is 0.692. The van der Waals surface area contributed by atoms with Gasteiger partial charge in [-0.3, -0.25) is 14.3 Å². The lowest BCUT2D eigenvalue weighted by Crippen LogP contribution is -2.28. The molecular formula is C16H13ClFN3O4S. The summed E-state index contributed by atoms with van der Waals surface area (Å²) in [6, 6.07) is 7.28. The van der Waals surface area contributed by atoms with E-state index in [9.17, 15) is 22.4 Å². The number of carbonyl (C=O) groups excluding carboxylic acids is 2. The molecule has 0 unspecified atom stereocenters. The number of carbonyl (C=O) groups is 2. The van der Waals surface area contributed by atoms with Crippen molar-refractivity contribution in [1.29, 1.82) is 0 Å². The number of halogens is 2. The third-order valence-corrected chi connectivity index (χ3v) is 5.38. The van der Waals surface area contributed by atoms with E-state index >= 15 is 0 Å². The van der Waals surface area contributed by atoms with Crippen molar-refractivity contribution in [2.24, 2.45) is 5.92 Å². The van der Waals surface area contributed by atoms with Gasteiger partial charge in [-0.2, -0.15) is 0 Å². The Bertz CT molecular complexity index is 1030. The molecule has 3 rings (SSSR count). The molecule has 0 bridgehead atoms. The van der Waals surface area contributed by atoms with Gasteiger partial charge in [0.1, 0.15) is 11.7 Å². The lowest BCUT2D eigenvalue weighted by atomic mass is 10.1. The van der Waals surface area contributed by atoms with E-state index in [1.165, 1.54) is 37.3 Å². The summed E-state index contributed by atoms with van der Waals surface area (Å²) in [5, 5.41) is 5.15. The minimum atomic E-state index is -4.14. The molecule has 0 fully saturated rings. The van der Waals surface area contributed by atoms with E-state index in [2.05, 4.69) is 15.4 Å². The fourth-order valence-electron chi connectivity index (χ4n) is 2.28. The maximum Gasteiger partial charge on any atom is 0.262 e. The summed E-state index contributed by atoms with van der Waals surface area (Å²) in [5.74, 6) is -2.82. The summed E-state index contributed by atoms with van der Waals surface area (Å²) in [6.07, 6.45) is 0. The Hall–Kier alpha value is -2.65. The topological polar surface area (TPSA) is 104 Å². The van der Waals surface area contributed by atoms with Crippen molar-refractivity contribution in [2.45, 2.75) is 11.8 Å². The number of sulfonamides is 1. The van der Waals surface area contributed by atoms with E-state index < -0.39 is 33.6 Å². The van der Waals surface area contributed by atoms with Gasteiger partial charge in [-0.05, 0) is 43.3 Å². The van der Waals surface area contributed by atoms with Gasteiger partial charge in [0.15, 0.2) is 0 Å². The second kappa shape index (κ2) is 6.58. The van der Waals surface area contributed by atoms with Crippen LogP contribution in [0.4, 0.5) is 21.5 Å². The normalized spacial score (nSPS) is 17.0. The number of amides is 2. The molecule has 3 N–H and O–H groups in total. The highest BCUT2D eigenvalue weighted by Gasteiger charge is 2.28. The van der Waals surface area contributed by atoms with Crippen LogP contribution in [0.1, 0.15) is 6.92 Å². The highest BCUT2D eigenvalue weighted by molar-refractivity contribution is 7.92. The molecule has 136 valence electrons. The molecule has 2 aromatic rings. The lowest BCUT2D eigenvalue weighted by molar-refractivity contribution is -0.128. The van der Waals surface area contributed by atoms with Gasteiger partial charge in [-0.15, -0.1) is 0 Å². The second-order valence-electron chi connectivity index (χ2n) is 5.64. The SMILES string of the molecule is C[C@H]1C(=O)Nc2ccc(S(=O)(=O)Nc3ccc(Cl)cc3F)cc2NC1=O. The van der Waals surface area contributed by atoms with E-state index in [1.54, 1.807) is 0 Å². The Balaban J connectivity index is 1.96. The maximum atomic E-state index is 13.8. The van der Waals surface area contributed by atoms with Crippen LogP contribution in [-0.2, 0) is 19.6 Å². The lowest BCUT2D eigenvalue weighted by Gasteiger charge is -2.12. The van der Waals surface area contributed by atoms with Gasteiger partial charge < -0.3 is 10.6 Å². The van der Waals surface area contributed by atoms with Gasteiger partial charge >= 0.3 is 0 Å². The van der Waals surface area contributed by atoms with Gasteiger partial charge in [0.2, 0.25) is 11.8 Å². The number of nitrogens with one attached hydrogen (secondary N) is 3. The minimum Gasteiger partial charge on any atom is -0.324 e. The van der Waals surface area contributed by atoms with E-state index in [0.29, 0.717) is 0 Å². The number of fused-ring (bicyclic) bond motifs is 1. The molecular weight excluding hydrogens is 385 g/mol. The summed E-state index contributed by atoms with van der Waals surface area (Å²) >= 11 is 5.65. The maximum absolute atomic E-state index is 13.8. The van der Waals surface area contributed by atoms with Crippen molar-refractivity contribution in [3.63, 3.8) is 0 Å². The second-order valence-corrected chi connectivity index (χ2v) is 7.76. The molecule has 0 aromatic heterocycles. The number of benzene rings is 2. The first-order valence-corrected chi connectivity index (χ1v) is 9.27. The Labute approximate surface area is 153 Å². The fraction of sp³-hybridized carbons (Fsp3) is 0.125. The minimum absolute atomic E-state index is 0.128. The molecule has 0 saturated heterocycles. The van der Waals surface area contributed by atoms with Crippen LogP contribution in [-0.4, -0.2) is 20.2 Å². The van der Waals surface area contributed by atoms with Crippen LogP contribution in [0, 0.1) is 11.7 Å². The molecule has 2 aromatic carbocycles. The number of hydrogen-bond donors (Lipinski definition) is 3. The highest BCUT2D eigenvalue weighted by atomic mass is 35.5. The number of anilines is 3. The Morgan fingerprint density at radius 2 is 1.69 bits per heavy atom. The number of rotatable bonds is 3. The monoisotopic (exact) mass is 397 g/mol. The van der Waals surface area contributed by atoms with Crippen LogP contribution < -0.4 is 15.4 Å².